The Hall–Kier alpha value is -1.15. The van der Waals surface area contributed by atoms with Crippen molar-refractivity contribution in [2.45, 2.75) is 6.18 Å². The van der Waals surface area contributed by atoms with Crippen LogP contribution in [0.1, 0.15) is 5.69 Å². The van der Waals surface area contributed by atoms with Crippen molar-refractivity contribution in [1.29, 1.82) is 0 Å². The lowest BCUT2D eigenvalue weighted by Crippen LogP contribution is -2.04. The smallest absolute Gasteiger partial charge is 0.429 e. The summed E-state index contributed by atoms with van der Waals surface area (Å²) in [5, 5.41) is 0.832. The van der Waals surface area contributed by atoms with Gasteiger partial charge in [0.05, 0.1) is 6.20 Å². The van der Waals surface area contributed by atoms with Crippen molar-refractivity contribution in [3.8, 4) is 10.9 Å². The molecule has 0 saturated heterocycles. The van der Waals surface area contributed by atoms with Crippen LogP contribution in [0.25, 0.3) is 0 Å². The number of ether oxygens (including phenoxy) is 1. The van der Waals surface area contributed by atoms with Crippen LogP contribution in [0.15, 0.2) is 28.3 Å². The SMILES string of the molecule is FC(F)(F)c1csc(Oc2cncc(Br)c2)n1. The van der Waals surface area contributed by atoms with Crippen LogP contribution in [0, 0.1) is 0 Å². The molecule has 2 rings (SSSR count). The molecular formula is C9H4BrF3N2OS. The summed E-state index contributed by atoms with van der Waals surface area (Å²) in [7, 11) is 0. The Kier molecular flexibility index (Phi) is 3.34. The molecule has 0 saturated carbocycles. The standard InChI is InChI=1S/C9H4BrF3N2OS/c10-5-1-6(3-14-2-5)16-8-15-7(4-17-8)9(11,12)13/h1-4H. The molecule has 0 radical (unpaired) electrons. The maximum Gasteiger partial charge on any atom is 0.434 e. The predicted octanol–water partition coefficient (Wildman–Crippen LogP) is 4.11. The van der Waals surface area contributed by atoms with Crippen molar-refractivity contribution in [2.24, 2.45) is 0 Å². The first-order chi connectivity index (χ1) is 7.95. The molecule has 0 aliphatic carbocycles. The van der Waals surface area contributed by atoms with Crippen LogP contribution in [-0.2, 0) is 6.18 Å². The average molecular weight is 325 g/mol. The summed E-state index contributed by atoms with van der Waals surface area (Å²) in [4.78, 5) is 7.15. The molecule has 0 fully saturated rings. The second-order valence-corrected chi connectivity index (χ2v) is 4.67. The fourth-order valence-corrected chi connectivity index (χ4v) is 2.02. The molecule has 2 aromatic rings. The lowest BCUT2D eigenvalue weighted by atomic mass is 10.5. The Labute approximate surface area is 106 Å². The van der Waals surface area contributed by atoms with Crippen molar-refractivity contribution in [2.75, 3.05) is 0 Å². The summed E-state index contributed by atoms with van der Waals surface area (Å²) in [6, 6.07) is 1.58. The van der Waals surface area contributed by atoms with E-state index in [0.29, 0.717) is 10.2 Å². The van der Waals surface area contributed by atoms with Gasteiger partial charge in [-0.3, -0.25) is 4.98 Å². The number of pyridine rings is 1. The second-order valence-electron chi connectivity index (χ2n) is 2.94. The number of halogens is 4. The lowest BCUT2D eigenvalue weighted by molar-refractivity contribution is -0.140. The average Bonchev–Trinajstić information content (AvgIpc) is 2.65. The molecule has 17 heavy (non-hydrogen) atoms. The summed E-state index contributed by atoms with van der Waals surface area (Å²) in [5.41, 5.74) is -0.958. The van der Waals surface area contributed by atoms with E-state index in [2.05, 4.69) is 25.9 Å². The van der Waals surface area contributed by atoms with E-state index in [0.717, 1.165) is 16.7 Å². The largest absolute Gasteiger partial charge is 0.434 e. The molecule has 0 aromatic carbocycles. The predicted molar refractivity (Wildman–Crippen MR) is 59.1 cm³/mol. The number of aromatic nitrogens is 2. The molecule has 0 atom stereocenters. The Morgan fingerprint density at radius 3 is 2.65 bits per heavy atom. The molecule has 3 nitrogen and oxygen atoms in total. The number of nitrogens with zero attached hydrogens (tertiary/aromatic N) is 2. The summed E-state index contributed by atoms with van der Waals surface area (Å²) in [5.74, 6) is 0.322. The molecule has 0 N–H and O–H groups in total. The van der Waals surface area contributed by atoms with Gasteiger partial charge in [0.15, 0.2) is 5.69 Å². The van der Waals surface area contributed by atoms with Crippen molar-refractivity contribution < 1.29 is 17.9 Å². The van der Waals surface area contributed by atoms with Crippen LogP contribution in [0.4, 0.5) is 13.2 Å². The maximum absolute atomic E-state index is 12.3. The van der Waals surface area contributed by atoms with Crippen molar-refractivity contribution >= 4 is 27.3 Å². The number of rotatable bonds is 2. The van der Waals surface area contributed by atoms with E-state index in [1.54, 1.807) is 6.07 Å². The van der Waals surface area contributed by atoms with E-state index in [4.69, 9.17) is 4.74 Å². The zero-order valence-electron chi connectivity index (χ0n) is 8.03. The second kappa shape index (κ2) is 4.61. The van der Waals surface area contributed by atoms with Gasteiger partial charge in [-0.1, -0.05) is 11.3 Å². The first kappa shape index (κ1) is 12.3. The normalized spacial score (nSPS) is 11.5. The Balaban J connectivity index is 2.17. The van der Waals surface area contributed by atoms with Gasteiger partial charge in [-0.05, 0) is 22.0 Å². The van der Waals surface area contributed by atoms with Crippen molar-refractivity contribution in [1.82, 2.24) is 9.97 Å². The quantitative estimate of drug-likeness (QED) is 0.833. The highest BCUT2D eigenvalue weighted by Gasteiger charge is 2.34. The highest BCUT2D eigenvalue weighted by atomic mass is 79.9. The zero-order valence-corrected chi connectivity index (χ0v) is 10.4. The van der Waals surface area contributed by atoms with Gasteiger partial charge in [0.1, 0.15) is 5.75 Å². The molecule has 0 spiro atoms. The van der Waals surface area contributed by atoms with Gasteiger partial charge < -0.3 is 4.74 Å². The molecule has 0 aliphatic heterocycles. The van der Waals surface area contributed by atoms with E-state index in [1.165, 1.54) is 12.4 Å². The van der Waals surface area contributed by atoms with E-state index >= 15 is 0 Å². The van der Waals surface area contributed by atoms with E-state index in [1.807, 2.05) is 0 Å². The number of hydrogen-bond acceptors (Lipinski definition) is 4. The first-order valence-corrected chi connectivity index (χ1v) is 5.93. The number of thiazole rings is 1. The van der Waals surface area contributed by atoms with Crippen LogP contribution in [-0.4, -0.2) is 9.97 Å². The molecule has 0 bridgehead atoms. The van der Waals surface area contributed by atoms with Gasteiger partial charge in [-0.15, -0.1) is 0 Å². The van der Waals surface area contributed by atoms with Crippen LogP contribution in [0.5, 0.6) is 10.9 Å². The fourth-order valence-electron chi connectivity index (χ4n) is 0.983. The monoisotopic (exact) mass is 324 g/mol. The maximum atomic E-state index is 12.3. The van der Waals surface area contributed by atoms with E-state index in [-0.39, 0.29) is 5.19 Å². The summed E-state index contributed by atoms with van der Waals surface area (Å²) < 4.78 is 42.6. The fraction of sp³-hybridized carbons (Fsp3) is 0.111. The molecular weight excluding hydrogens is 321 g/mol. The van der Waals surface area contributed by atoms with Gasteiger partial charge in [-0.25, -0.2) is 0 Å². The summed E-state index contributed by atoms with van der Waals surface area (Å²) >= 11 is 3.95. The van der Waals surface area contributed by atoms with Gasteiger partial charge in [0.25, 0.3) is 5.19 Å². The van der Waals surface area contributed by atoms with Crippen LogP contribution in [0.3, 0.4) is 0 Å². The van der Waals surface area contributed by atoms with Crippen LogP contribution < -0.4 is 4.74 Å². The highest BCUT2D eigenvalue weighted by Crippen LogP contribution is 2.34. The number of alkyl halides is 3. The van der Waals surface area contributed by atoms with Crippen molar-refractivity contribution in [3.63, 3.8) is 0 Å². The lowest BCUT2D eigenvalue weighted by Gasteiger charge is -2.02. The molecule has 0 amide bonds. The van der Waals surface area contributed by atoms with Crippen LogP contribution >= 0.6 is 27.3 Å². The topological polar surface area (TPSA) is 35.0 Å². The van der Waals surface area contributed by atoms with Gasteiger partial charge in [0, 0.05) is 16.0 Å². The van der Waals surface area contributed by atoms with Crippen molar-refractivity contribution in [3.05, 3.63) is 34.0 Å². The minimum Gasteiger partial charge on any atom is -0.429 e. The van der Waals surface area contributed by atoms with E-state index < -0.39 is 11.9 Å². The molecule has 8 heteroatoms. The molecule has 2 aromatic heterocycles. The van der Waals surface area contributed by atoms with Crippen LogP contribution in [0.2, 0.25) is 0 Å². The number of hydrogen-bond donors (Lipinski definition) is 0. The molecule has 2 heterocycles. The van der Waals surface area contributed by atoms with E-state index in [9.17, 15) is 13.2 Å². The van der Waals surface area contributed by atoms with Gasteiger partial charge in [-0.2, -0.15) is 18.2 Å². The third kappa shape index (κ3) is 3.16. The molecule has 0 unspecified atom stereocenters. The Bertz CT molecular complexity index is 529. The summed E-state index contributed by atoms with van der Waals surface area (Å²) in [6.07, 6.45) is -1.52. The first-order valence-electron chi connectivity index (χ1n) is 4.26. The summed E-state index contributed by atoms with van der Waals surface area (Å²) in [6.45, 7) is 0. The molecule has 0 aliphatic rings. The third-order valence-electron chi connectivity index (χ3n) is 1.66. The Morgan fingerprint density at radius 2 is 2.06 bits per heavy atom. The third-order valence-corrected chi connectivity index (χ3v) is 2.81. The van der Waals surface area contributed by atoms with Gasteiger partial charge in [0.2, 0.25) is 0 Å². The highest BCUT2D eigenvalue weighted by molar-refractivity contribution is 9.10. The Morgan fingerprint density at radius 1 is 1.29 bits per heavy atom. The zero-order chi connectivity index (χ0) is 12.5. The molecule has 90 valence electrons. The van der Waals surface area contributed by atoms with Gasteiger partial charge >= 0.3 is 6.18 Å². The minimum absolute atomic E-state index is 0.0720. The minimum atomic E-state index is -4.45.